The van der Waals surface area contributed by atoms with Gasteiger partial charge in [0.05, 0.1) is 24.2 Å². The minimum Gasteiger partial charge on any atom is -0.491 e. The average Bonchev–Trinajstić information content (AvgIpc) is 3.25. The Morgan fingerprint density at radius 1 is 1.15 bits per heavy atom. The monoisotopic (exact) mass is 482 g/mol. The Labute approximate surface area is 205 Å². The number of piperidine rings is 1. The van der Waals surface area contributed by atoms with Gasteiger partial charge < -0.3 is 15.0 Å². The zero-order valence-electron chi connectivity index (χ0n) is 20.3. The fourth-order valence-corrected chi connectivity index (χ4v) is 4.71. The third kappa shape index (κ3) is 6.00. The summed E-state index contributed by atoms with van der Waals surface area (Å²) in [6.45, 7) is 9.16. The first kappa shape index (κ1) is 24.3. The average molecular weight is 483 g/mol. The number of aromatic nitrogens is 4. The van der Waals surface area contributed by atoms with Gasteiger partial charge in [-0.25, -0.2) is 14.6 Å². The molecule has 182 valence electrons. The molecule has 1 amide bonds. The predicted molar refractivity (Wildman–Crippen MR) is 137 cm³/mol. The smallest absolute Gasteiger partial charge is 0.251 e. The van der Waals surface area contributed by atoms with Crippen molar-refractivity contribution in [2.75, 3.05) is 30.3 Å². The molecular formula is C25H34N6O2S. The number of ether oxygens (including phenoxy) is 1. The number of hydrogen-bond acceptors (Lipinski definition) is 7. The van der Waals surface area contributed by atoms with Gasteiger partial charge in [-0.3, -0.25) is 4.79 Å². The fraction of sp³-hybridized carbons (Fsp3) is 0.520. The summed E-state index contributed by atoms with van der Waals surface area (Å²) in [6.07, 6.45) is 6.68. The van der Waals surface area contributed by atoms with Gasteiger partial charge in [-0.1, -0.05) is 18.7 Å². The Bertz CT molecular complexity index is 1090. The van der Waals surface area contributed by atoms with E-state index >= 15 is 0 Å². The lowest BCUT2D eigenvalue weighted by atomic mass is 10.1. The zero-order chi connectivity index (χ0) is 23.9. The van der Waals surface area contributed by atoms with Gasteiger partial charge in [0.15, 0.2) is 10.8 Å². The van der Waals surface area contributed by atoms with E-state index in [1.165, 1.54) is 19.3 Å². The highest BCUT2D eigenvalue weighted by atomic mass is 32.2. The van der Waals surface area contributed by atoms with Crippen LogP contribution >= 0.6 is 11.8 Å². The van der Waals surface area contributed by atoms with E-state index in [1.807, 2.05) is 36.9 Å². The van der Waals surface area contributed by atoms with Crippen LogP contribution in [-0.4, -0.2) is 57.1 Å². The standard InChI is InChI=1S/C25H34N6O2S/c1-4-16-34-25-28-22(30-13-6-5-7-14-30)21-17-27-31(23(21)29-25)15-12-26-24(32)19-8-10-20(11-9-19)33-18(2)3/h8-11,17-18H,4-7,12-16H2,1-3H3,(H,26,32). The molecule has 2 aromatic heterocycles. The molecule has 0 bridgehead atoms. The van der Waals surface area contributed by atoms with Crippen molar-refractivity contribution in [3.8, 4) is 5.75 Å². The van der Waals surface area contributed by atoms with Gasteiger partial charge >= 0.3 is 0 Å². The van der Waals surface area contributed by atoms with E-state index in [9.17, 15) is 4.79 Å². The van der Waals surface area contributed by atoms with Crippen molar-refractivity contribution >= 4 is 34.5 Å². The van der Waals surface area contributed by atoms with E-state index in [-0.39, 0.29) is 12.0 Å². The van der Waals surface area contributed by atoms with Gasteiger partial charge in [0.2, 0.25) is 0 Å². The van der Waals surface area contributed by atoms with Crippen LogP contribution in [0.15, 0.2) is 35.6 Å². The van der Waals surface area contributed by atoms with Crippen LogP contribution in [0.3, 0.4) is 0 Å². The van der Waals surface area contributed by atoms with Crippen molar-refractivity contribution < 1.29 is 9.53 Å². The number of carbonyl (C=O) groups excluding carboxylic acids is 1. The number of carbonyl (C=O) groups is 1. The molecule has 1 aliphatic heterocycles. The van der Waals surface area contributed by atoms with Crippen molar-refractivity contribution in [3.05, 3.63) is 36.0 Å². The molecule has 1 N–H and O–H groups in total. The van der Waals surface area contributed by atoms with Crippen molar-refractivity contribution in [2.45, 2.75) is 64.3 Å². The Balaban J connectivity index is 1.45. The van der Waals surface area contributed by atoms with Crippen molar-refractivity contribution in [2.24, 2.45) is 0 Å². The molecule has 9 heteroatoms. The minimum absolute atomic E-state index is 0.101. The summed E-state index contributed by atoms with van der Waals surface area (Å²) in [5.74, 6) is 2.61. The number of anilines is 1. The second kappa shape index (κ2) is 11.6. The molecule has 4 rings (SSSR count). The summed E-state index contributed by atoms with van der Waals surface area (Å²) in [6, 6.07) is 7.21. The van der Waals surface area contributed by atoms with Crippen LogP contribution in [0.2, 0.25) is 0 Å². The number of nitrogens with zero attached hydrogens (tertiary/aromatic N) is 5. The van der Waals surface area contributed by atoms with E-state index in [0.29, 0.717) is 18.7 Å². The number of rotatable bonds is 10. The molecule has 0 atom stereocenters. The second-order valence-electron chi connectivity index (χ2n) is 8.78. The maximum Gasteiger partial charge on any atom is 0.251 e. The Kier molecular flexibility index (Phi) is 8.26. The summed E-state index contributed by atoms with van der Waals surface area (Å²) in [5, 5.41) is 9.36. The van der Waals surface area contributed by atoms with E-state index < -0.39 is 0 Å². The molecule has 1 saturated heterocycles. The quantitative estimate of drug-likeness (QED) is 0.335. The summed E-state index contributed by atoms with van der Waals surface area (Å²) in [5.41, 5.74) is 1.44. The van der Waals surface area contributed by atoms with E-state index in [0.717, 1.165) is 53.0 Å². The predicted octanol–water partition coefficient (Wildman–Crippen LogP) is 4.54. The van der Waals surface area contributed by atoms with Gasteiger partial charge in [-0.15, -0.1) is 0 Å². The highest BCUT2D eigenvalue weighted by Gasteiger charge is 2.20. The lowest BCUT2D eigenvalue weighted by Crippen LogP contribution is -2.30. The molecule has 0 aliphatic carbocycles. The first-order chi connectivity index (χ1) is 16.5. The highest BCUT2D eigenvalue weighted by Crippen LogP contribution is 2.29. The lowest BCUT2D eigenvalue weighted by Gasteiger charge is -2.28. The largest absolute Gasteiger partial charge is 0.491 e. The summed E-state index contributed by atoms with van der Waals surface area (Å²) >= 11 is 1.69. The van der Waals surface area contributed by atoms with E-state index in [2.05, 4.69) is 22.2 Å². The maximum atomic E-state index is 12.6. The van der Waals surface area contributed by atoms with Gasteiger partial charge in [0, 0.05) is 31.0 Å². The minimum atomic E-state index is -0.115. The lowest BCUT2D eigenvalue weighted by molar-refractivity contribution is 0.0952. The van der Waals surface area contributed by atoms with Crippen LogP contribution in [0, 0.1) is 0 Å². The Morgan fingerprint density at radius 2 is 1.91 bits per heavy atom. The molecule has 0 unspecified atom stereocenters. The molecule has 34 heavy (non-hydrogen) atoms. The summed E-state index contributed by atoms with van der Waals surface area (Å²) in [4.78, 5) is 24.7. The fourth-order valence-electron chi connectivity index (χ4n) is 4.02. The van der Waals surface area contributed by atoms with Crippen LogP contribution in [0.1, 0.15) is 56.8 Å². The molecule has 0 radical (unpaired) electrons. The third-order valence-electron chi connectivity index (χ3n) is 5.64. The van der Waals surface area contributed by atoms with Crippen LogP contribution in [0.5, 0.6) is 5.75 Å². The summed E-state index contributed by atoms with van der Waals surface area (Å²) < 4.78 is 7.52. The molecule has 3 heterocycles. The molecule has 8 nitrogen and oxygen atoms in total. The van der Waals surface area contributed by atoms with Gasteiger partial charge in [-0.2, -0.15) is 5.10 Å². The normalized spacial score (nSPS) is 14.1. The van der Waals surface area contributed by atoms with E-state index in [1.54, 1.807) is 23.9 Å². The highest BCUT2D eigenvalue weighted by molar-refractivity contribution is 7.99. The number of benzene rings is 1. The first-order valence-corrected chi connectivity index (χ1v) is 13.2. The molecule has 1 aromatic carbocycles. The SMILES string of the molecule is CCCSc1nc(N2CCCCC2)c2cnn(CCNC(=O)c3ccc(OC(C)C)cc3)c2n1. The molecule has 0 saturated carbocycles. The van der Waals surface area contributed by atoms with Gasteiger partial charge in [0.25, 0.3) is 5.91 Å². The molecule has 1 aliphatic rings. The van der Waals surface area contributed by atoms with Crippen LogP contribution < -0.4 is 15.0 Å². The van der Waals surface area contributed by atoms with Crippen LogP contribution in [-0.2, 0) is 6.54 Å². The second-order valence-corrected chi connectivity index (χ2v) is 9.84. The van der Waals surface area contributed by atoms with Crippen molar-refractivity contribution in [1.29, 1.82) is 0 Å². The molecular weight excluding hydrogens is 448 g/mol. The molecule has 0 spiro atoms. The topological polar surface area (TPSA) is 85.2 Å². The number of amides is 1. The first-order valence-electron chi connectivity index (χ1n) is 12.2. The van der Waals surface area contributed by atoms with Gasteiger partial charge in [0.1, 0.15) is 11.6 Å². The van der Waals surface area contributed by atoms with Crippen molar-refractivity contribution in [3.63, 3.8) is 0 Å². The zero-order valence-corrected chi connectivity index (χ0v) is 21.1. The van der Waals surface area contributed by atoms with Crippen LogP contribution in [0.25, 0.3) is 11.0 Å². The van der Waals surface area contributed by atoms with Crippen LogP contribution in [0.4, 0.5) is 5.82 Å². The number of thioether (sulfide) groups is 1. The van der Waals surface area contributed by atoms with Gasteiger partial charge in [-0.05, 0) is 63.8 Å². The number of fused-ring (bicyclic) bond motifs is 1. The molecule has 1 fully saturated rings. The van der Waals surface area contributed by atoms with E-state index in [4.69, 9.17) is 14.7 Å². The maximum absolute atomic E-state index is 12.6. The van der Waals surface area contributed by atoms with Crippen molar-refractivity contribution in [1.82, 2.24) is 25.1 Å². The number of nitrogens with one attached hydrogen (secondary N) is 1. The Hall–Kier alpha value is -2.81. The summed E-state index contributed by atoms with van der Waals surface area (Å²) in [7, 11) is 0. The molecule has 3 aromatic rings. The number of hydrogen-bond donors (Lipinski definition) is 1. The Morgan fingerprint density at radius 3 is 2.62 bits per heavy atom. The third-order valence-corrected chi connectivity index (χ3v) is 6.70.